The molecule has 0 spiro atoms. The third-order valence-corrected chi connectivity index (χ3v) is 5.60. The first-order valence-corrected chi connectivity index (χ1v) is 8.23. The van der Waals surface area contributed by atoms with Crippen molar-refractivity contribution in [3.63, 3.8) is 0 Å². The lowest BCUT2D eigenvalue weighted by Crippen LogP contribution is -2.67. The molecule has 0 aromatic carbocycles. The first kappa shape index (κ1) is 26.1. The van der Waals surface area contributed by atoms with E-state index in [2.05, 4.69) is 0 Å². The fourth-order valence-corrected chi connectivity index (χ4v) is 3.84. The molecule has 2 unspecified atom stereocenters. The van der Waals surface area contributed by atoms with Crippen molar-refractivity contribution in [2.24, 2.45) is 23.7 Å². The third kappa shape index (κ3) is 4.28. The standard InChI is InChI=1S/C15H18F12O2/c1-6(2)7-3-8(10(28,12(16,17)18)13(19,20)21)5-9(4-7)11(29,14(22,23)24)15(25,26)27/h6-9,28-29H,3-5H2,1-2H3. The average molecular weight is 458 g/mol. The molecule has 1 rings (SSSR count). The predicted octanol–water partition coefficient (Wildman–Crippen LogP) is 5.39. The second-order valence-electron chi connectivity index (χ2n) is 7.63. The summed E-state index contributed by atoms with van der Waals surface area (Å²) in [5.74, 6) is -8.56. The molecule has 1 aliphatic rings. The SMILES string of the molecule is CC(C)C1CC(C(O)(C(F)(F)F)C(F)(F)F)CC(C(O)(C(F)(F)F)C(F)(F)F)C1. The smallest absolute Gasteiger partial charge is 0.373 e. The summed E-state index contributed by atoms with van der Waals surface area (Å²) in [7, 11) is 0. The Hall–Kier alpha value is -0.920. The van der Waals surface area contributed by atoms with Crippen molar-refractivity contribution < 1.29 is 62.9 Å². The summed E-state index contributed by atoms with van der Waals surface area (Å²) < 4.78 is 158. The van der Waals surface area contributed by atoms with Gasteiger partial charge < -0.3 is 10.2 Å². The van der Waals surface area contributed by atoms with Crippen LogP contribution >= 0.6 is 0 Å². The molecule has 29 heavy (non-hydrogen) atoms. The number of halogens is 12. The Labute approximate surface area is 156 Å². The molecule has 0 aromatic rings. The first-order chi connectivity index (χ1) is 12.5. The van der Waals surface area contributed by atoms with Crippen LogP contribution in [-0.4, -0.2) is 46.1 Å². The summed E-state index contributed by atoms with van der Waals surface area (Å²) in [5, 5.41) is 19.0. The molecule has 2 nitrogen and oxygen atoms in total. The zero-order valence-corrected chi connectivity index (χ0v) is 14.9. The van der Waals surface area contributed by atoms with Gasteiger partial charge in [0.2, 0.25) is 0 Å². The predicted molar refractivity (Wildman–Crippen MR) is 73.3 cm³/mol. The van der Waals surface area contributed by atoms with Crippen molar-refractivity contribution in [3.05, 3.63) is 0 Å². The summed E-state index contributed by atoms with van der Waals surface area (Å²) in [6.45, 7) is 2.37. The van der Waals surface area contributed by atoms with Crippen LogP contribution in [0.3, 0.4) is 0 Å². The molecule has 2 atom stereocenters. The van der Waals surface area contributed by atoms with E-state index in [0.29, 0.717) is 0 Å². The van der Waals surface area contributed by atoms with Crippen molar-refractivity contribution in [1.29, 1.82) is 0 Å². The first-order valence-electron chi connectivity index (χ1n) is 8.23. The molecule has 174 valence electrons. The quantitative estimate of drug-likeness (QED) is 0.558. The summed E-state index contributed by atoms with van der Waals surface area (Å²) >= 11 is 0. The van der Waals surface area contributed by atoms with E-state index in [1.165, 1.54) is 13.8 Å². The highest BCUT2D eigenvalue weighted by atomic mass is 19.4. The molecular weight excluding hydrogens is 440 g/mol. The maximum Gasteiger partial charge on any atom is 0.426 e. The Balaban J connectivity index is 3.63. The van der Waals surface area contributed by atoms with Gasteiger partial charge >= 0.3 is 24.7 Å². The zero-order chi connectivity index (χ0) is 23.4. The molecule has 0 saturated heterocycles. The van der Waals surface area contributed by atoms with Gasteiger partial charge in [0.15, 0.2) is 0 Å². The van der Waals surface area contributed by atoms with Gasteiger partial charge in [-0.05, 0) is 31.1 Å². The maximum absolute atomic E-state index is 13.1. The Morgan fingerprint density at radius 2 is 0.793 bits per heavy atom. The Bertz CT molecular complexity index is 498. The topological polar surface area (TPSA) is 40.5 Å². The van der Waals surface area contributed by atoms with Gasteiger partial charge in [-0.25, -0.2) is 0 Å². The van der Waals surface area contributed by atoms with Crippen LogP contribution in [0, 0.1) is 23.7 Å². The monoisotopic (exact) mass is 458 g/mol. The van der Waals surface area contributed by atoms with E-state index in [0.717, 1.165) is 0 Å². The van der Waals surface area contributed by atoms with Crippen LogP contribution in [0.4, 0.5) is 52.7 Å². The molecule has 1 aliphatic carbocycles. The van der Waals surface area contributed by atoms with Crippen molar-refractivity contribution in [2.75, 3.05) is 0 Å². The fraction of sp³-hybridized carbons (Fsp3) is 1.00. The molecule has 2 N–H and O–H groups in total. The van der Waals surface area contributed by atoms with Crippen LogP contribution in [-0.2, 0) is 0 Å². The van der Waals surface area contributed by atoms with Crippen LogP contribution in [0.5, 0.6) is 0 Å². The molecule has 0 radical (unpaired) electrons. The lowest BCUT2D eigenvalue weighted by molar-refractivity contribution is -0.405. The van der Waals surface area contributed by atoms with E-state index >= 15 is 0 Å². The van der Waals surface area contributed by atoms with Crippen molar-refractivity contribution in [2.45, 2.75) is 69.0 Å². The van der Waals surface area contributed by atoms with E-state index in [1.54, 1.807) is 0 Å². The second kappa shape index (κ2) is 7.34. The normalized spacial score (nSPS) is 26.2. The number of hydrogen-bond acceptors (Lipinski definition) is 2. The maximum atomic E-state index is 13.1. The van der Waals surface area contributed by atoms with E-state index in [4.69, 9.17) is 0 Å². The minimum absolute atomic E-state index is 0.920. The molecule has 14 heteroatoms. The van der Waals surface area contributed by atoms with Crippen LogP contribution in [0.1, 0.15) is 33.1 Å². The van der Waals surface area contributed by atoms with E-state index in [1.807, 2.05) is 0 Å². The highest BCUT2D eigenvalue weighted by molar-refractivity contribution is 5.08. The van der Waals surface area contributed by atoms with Crippen molar-refractivity contribution in [1.82, 2.24) is 0 Å². The lowest BCUT2D eigenvalue weighted by Gasteiger charge is -2.49. The molecule has 0 heterocycles. The minimum atomic E-state index is -6.42. The van der Waals surface area contributed by atoms with Gasteiger partial charge in [0.25, 0.3) is 11.2 Å². The van der Waals surface area contributed by atoms with Crippen LogP contribution < -0.4 is 0 Å². The van der Waals surface area contributed by atoms with Crippen LogP contribution in [0.15, 0.2) is 0 Å². The van der Waals surface area contributed by atoms with Gasteiger partial charge in [0, 0.05) is 11.8 Å². The molecule has 0 amide bonds. The molecule has 0 aliphatic heterocycles. The largest absolute Gasteiger partial charge is 0.426 e. The van der Waals surface area contributed by atoms with Crippen molar-refractivity contribution >= 4 is 0 Å². The number of hydrogen-bond donors (Lipinski definition) is 2. The van der Waals surface area contributed by atoms with Gasteiger partial charge in [0.05, 0.1) is 0 Å². The summed E-state index contributed by atoms with van der Waals surface area (Å²) in [4.78, 5) is 0. The molecule has 1 fully saturated rings. The van der Waals surface area contributed by atoms with Gasteiger partial charge in [0.1, 0.15) is 0 Å². The van der Waals surface area contributed by atoms with Gasteiger partial charge in [-0.1, -0.05) is 13.8 Å². The summed E-state index contributed by atoms with van der Waals surface area (Å²) in [6, 6.07) is 0. The van der Waals surface area contributed by atoms with Crippen LogP contribution in [0.2, 0.25) is 0 Å². The second-order valence-corrected chi connectivity index (χ2v) is 7.63. The average Bonchev–Trinajstić information content (AvgIpc) is 2.48. The molecule has 0 aromatic heterocycles. The van der Waals surface area contributed by atoms with E-state index < -0.39 is 78.8 Å². The van der Waals surface area contributed by atoms with E-state index in [9.17, 15) is 62.9 Å². The Morgan fingerprint density at radius 3 is 0.966 bits per heavy atom. The third-order valence-electron chi connectivity index (χ3n) is 5.60. The summed E-state index contributed by atoms with van der Waals surface area (Å²) in [6.07, 6.45) is -29.9. The molecule has 0 bridgehead atoms. The molecular formula is C15H18F12O2. The van der Waals surface area contributed by atoms with Gasteiger partial charge in [-0.2, -0.15) is 52.7 Å². The van der Waals surface area contributed by atoms with Crippen molar-refractivity contribution in [3.8, 4) is 0 Å². The van der Waals surface area contributed by atoms with Gasteiger partial charge in [-0.3, -0.25) is 0 Å². The Morgan fingerprint density at radius 1 is 0.552 bits per heavy atom. The highest BCUT2D eigenvalue weighted by Gasteiger charge is 2.78. The number of alkyl halides is 12. The number of rotatable bonds is 3. The van der Waals surface area contributed by atoms with Gasteiger partial charge in [-0.15, -0.1) is 0 Å². The minimum Gasteiger partial charge on any atom is -0.373 e. The lowest BCUT2D eigenvalue weighted by atomic mass is 9.61. The van der Waals surface area contributed by atoms with E-state index in [-0.39, 0.29) is 0 Å². The number of aliphatic hydroxyl groups is 2. The Kier molecular flexibility index (Phi) is 6.61. The highest BCUT2D eigenvalue weighted by Crippen LogP contribution is 2.59. The fourth-order valence-electron chi connectivity index (χ4n) is 3.84. The zero-order valence-electron chi connectivity index (χ0n) is 14.9. The van der Waals surface area contributed by atoms with Crippen LogP contribution in [0.25, 0.3) is 0 Å². The molecule has 1 saturated carbocycles. The summed E-state index contributed by atoms with van der Waals surface area (Å²) in [5.41, 5.74) is -11.1.